The molecule has 0 atom stereocenters. The Kier molecular flexibility index (Phi) is 7.67. The van der Waals surface area contributed by atoms with Crippen LogP contribution in [0.4, 0.5) is 5.82 Å². The zero-order valence-corrected chi connectivity index (χ0v) is 22.2. The number of fused-ring (bicyclic) bond motifs is 1. The summed E-state index contributed by atoms with van der Waals surface area (Å²) in [6.45, 7) is 4.54. The van der Waals surface area contributed by atoms with E-state index in [0.29, 0.717) is 11.1 Å². The lowest BCUT2D eigenvalue weighted by Crippen LogP contribution is -2.46. The van der Waals surface area contributed by atoms with Crippen LogP contribution in [0.3, 0.4) is 0 Å². The third-order valence-electron chi connectivity index (χ3n) is 6.65. The topological polar surface area (TPSA) is 109 Å². The molecule has 4 aromatic rings. The highest BCUT2D eigenvalue weighted by atomic mass is 32.2. The second-order valence-electron chi connectivity index (χ2n) is 8.98. The van der Waals surface area contributed by atoms with Crippen LogP contribution in [-0.4, -0.2) is 70.2 Å². The number of anilines is 1. The predicted molar refractivity (Wildman–Crippen MR) is 152 cm³/mol. The smallest absolute Gasteiger partial charge is 0.128 e. The number of nitrogens with one attached hydrogen (secondary N) is 2. The van der Waals surface area contributed by atoms with E-state index < -0.39 is 0 Å². The molecule has 0 spiro atoms. The van der Waals surface area contributed by atoms with Gasteiger partial charge in [0.05, 0.1) is 28.0 Å². The van der Waals surface area contributed by atoms with Gasteiger partial charge in [0, 0.05) is 86.8 Å². The van der Waals surface area contributed by atoms with Crippen molar-refractivity contribution in [2.45, 2.75) is 11.6 Å². The minimum Gasteiger partial charge on any atom is -0.393 e. The SMILES string of the molecule is CN/C=C(\C=N)c1cc(-c2ccc(N3CCN(Cc4cccc(SC)n4)CC3)nc2)c2c(C#N)cnn2c1. The molecular formula is C28H29N9S. The molecule has 192 valence electrons. The molecular weight excluding hydrogens is 494 g/mol. The second-order valence-corrected chi connectivity index (χ2v) is 9.80. The number of pyridine rings is 3. The lowest BCUT2D eigenvalue weighted by atomic mass is 10.0. The molecule has 0 bridgehead atoms. The van der Waals surface area contributed by atoms with Gasteiger partial charge in [-0.15, -0.1) is 11.8 Å². The second kappa shape index (κ2) is 11.5. The normalized spacial score (nSPS) is 14.4. The monoisotopic (exact) mass is 523 g/mol. The van der Waals surface area contributed by atoms with Crippen LogP contribution in [0.15, 0.2) is 66.2 Å². The number of piperazine rings is 1. The van der Waals surface area contributed by atoms with E-state index in [9.17, 15) is 5.26 Å². The van der Waals surface area contributed by atoms with Crippen molar-refractivity contribution in [3.05, 3.63) is 78.0 Å². The molecule has 0 amide bonds. The van der Waals surface area contributed by atoms with Crippen LogP contribution in [-0.2, 0) is 6.54 Å². The highest BCUT2D eigenvalue weighted by molar-refractivity contribution is 7.98. The molecule has 5 rings (SSSR count). The summed E-state index contributed by atoms with van der Waals surface area (Å²) < 4.78 is 1.70. The molecule has 1 fully saturated rings. The van der Waals surface area contributed by atoms with Gasteiger partial charge in [-0.3, -0.25) is 4.90 Å². The van der Waals surface area contributed by atoms with Crippen LogP contribution < -0.4 is 10.2 Å². The zero-order chi connectivity index (χ0) is 26.5. The van der Waals surface area contributed by atoms with Crippen LogP contribution in [0, 0.1) is 16.7 Å². The van der Waals surface area contributed by atoms with E-state index >= 15 is 0 Å². The van der Waals surface area contributed by atoms with E-state index in [4.69, 9.17) is 15.4 Å². The van der Waals surface area contributed by atoms with Gasteiger partial charge >= 0.3 is 0 Å². The van der Waals surface area contributed by atoms with Crippen molar-refractivity contribution in [1.29, 1.82) is 10.7 Å². The Morgan fingerprint density at radius 3 is 2.71 bits per heavy atom. The summed E-state index contributed by atoms with van der Waals surface area (Å²) in [6.07, 6.45) is 10.4. The number of hydrogen-bond donors (Lipinski definition) is 2. The van der Waals surface area contributed by atoms with Crippen LogP contribution in [0.2, 0.25) is 0 Å². The maximum Gasteiger partial charge on any atom is 0.128 e. The van der Waals surface area contributed by atoms with Gasteiger partial charge in [0.2, 0.25) is 0 Å². The Balaban J connectivity index is 1.35. The summed E-state index contributed by atoms with van der Waals surface area (Å²) in [5, 5.41) is 25.9. The molecule has 1 aliphatic heterocycles. The largest absolute Gasteiger partial charge is 0.393 e. The van der Waals surface area contributed by atoms with Crippen LogP contribution >= 0.6 is 11.8 Å². The highest BCUT2D eigenvalue weighted by Crippen LogP contribution is 2.30. The fraction of sp³-hybridized carbons (Fsp3) is 0.250. The summed E-state index contributed by atoms with van der Waals surface area (Å²) in [5.41, 5.74) is 5.61. The minimum absolute atomic E-state index is 0.498. The first-order chi connectivity index (χ1) is 18.6. The Bertz CT molecular complexity index is 1510. The van der Waals surface area contributed by atoms with E-state index in [1.807, 2.05) is 36.7 Å². The first kappa shape index (κ1) is 25.4. The number of thioether (sulfide) groups is 1. The summed E-state index contributed by atoms with van der Waals surface area (Å²) in [7, 11) is 1.80. The number of nitrogens with zero attached hydrogens (tertiary/aromatic N) is 7. The van der Waals surface area contributed by atoms with Crippen LogP contribution in [0.1, 0.15) is 16.8 Å². The standard InChI is InChI=1S/C28H29N9S/c1-31-15-22(13-29)21-12-25(28-23(14-30)17-33-37(28)18-21)20-6-7-26(32-16-20)36-10-8-35(9-11-36)19-24-4-3-5-27(34-24)38-2/h3-7,12-13,15-18,29,31H,8-11,19H2,1-2H3/b22-15+,29-13?. The average Bonchev–Trinajstić information content (AvgIpc) is 3.39. The summed E-state index contributed by atoms with van der Waals surface area (Å²) in [6, 6.07) is 14.5. The Morgan fingerprint density at radius 1 is 1.18 bits per heavy atom. The summed E-state index contributed by atoms with van der Waals surface area (Å²) in [4.78, 5) is 14.2. The molecule has 1 saturated heterocycles. The maximum absolute atomic E-state index is 9.67. The molecule has 4 aromatic heterocycles. The molecule has 2 N–H and O–H groups in total. The lowest BCUT2D eigenvalue weighted by molar-refractivity contribution is 0.246. The van der Waals surface area contributed by atoms with Gasteiger partial charge in [-0.05, 0) is 36.6 Å². The first-order valence-electron chi connectivity index (χ1n) is 12.4. The molecule has 0 aliphatic carbocycles. The van der Waals surface area contributed by atoms with Gasteiger partial charge in [0.15, 0.2) is 0 Å². The molecule has 0 aromatic carbocycles. The predicted octanol–water partition coefficient (Wildman–Crippen LogP) is 3.92. The van der Waals surface area contributed by atoms with Crippen molar-refractivity contribution >= 4 is 34.9 Å². The summed E-state index contributed by atoms with van der Waals surface area (Å²) >= 11 is 1.67. The van der Waals surface area contributed by atoms with Crippen LogP contribution in [0.5, 0.6) is 0 Å². The van der Waals surface area contributed by atoms with E-state index in [2.05, 4.69) is 44.7 Å². The molecule has 0 unspecified atom stereocenters. The Morgan fingerprint density at radius 2 is 2.03 bits per heavy atom. The zero-order valence-electron chi connectivity index (χ0n) is 21.4. The van der Waals surface area contributed by atoms with Crippen molar-refractivity contribution in [3.8, 4) is 17.2 Å². The van der Waals surface area contributed by atoms with Crippen molar-refractivity contribution in [1.82, 2.24) is 29.8 Å². The molecule has 10 heteroatoms. The third kappa shape index (κ3) is 5.25. The van der Waals surface area contributed by atoms with Crippen molar-refractivity contribution in [2.24, 2.45) is 0 Å². The van der Waals surface area contributed by atoms with Crippen LogP contribution in [0.25, 0.3) is 22.2 Å². The number of rotatable bonds is 8. The number of hydrogen-bond acceptors (Lipinski definition) is 9. The van der Waals surface area contributed by atoms with E-state index in [0.717, 1.165) is 71.5 Å². The van der Waals surface area contributed by atoms with Gasteiger partial charge in [-0.2, -0.15) is 10.4 Å². The lowest BCUT2D eigenvalue weighted by Gasteiger charge is -2.35. The fourth-order valence-electron chi connectivity index (χ4n) is 4.70. The molecule has 0 saturated carbocycles. The van der Waals surface area contributed by atoms with Crippen molar-refractivity contribution in [3.63, 3.8) is 0 Å². The minimum atomic E-state index is 0.498. The molecule has 1 aliphatic rings. The van der Waals surface area contributed by atoms with Gasteiger partial charge < -0.3 is 15.6 Å². The van der Waals surface area contributed by atoms with Crippen molar-refractivity contribution in [2.75, 3.05) is 44.4 Å². The fourth-order valence-corrected chi connectivity index (χ4v) is 5.12. The average molecular weight is 524 g/mol. The van der Waals surface area contributed by atoms with Gasteiger partial charge in [0.1, 0.15) is 11.9 Å². The number of nitriles is 1. The third-order valence-corrected chi connectivity index (χ3v) is 7.30. The maximum atomic E-state index is 9.67. The van der Waals surface area contributed by atoms with Crippen molar-refractivity contribution < 1.29 is 0 Å². The highest BCUT2D eigenvalue weighted by Gasteiger charge is 2.20. The quantitative estimate of drug-likeness (QED) is 0.264. The molecule has 9 nitrogen and oxygen atoms in total. The van der Waals surface area contributed by atoms with E-state index in [1.165, 1.54) is 6.21 Å². The van der Waals surface area contributed by atoms with E-state index in [-0.39, 0.29) is 0 Å². The first-order valence-corrected chi connectivity index (χ1v) is 13.6. The van der Waals surface area contributed by atoms with Gasteiger partial charge in [-0.1, -0.05) is 6.07 Å². The Labute approximate surface area is 226 Å². The molecule has 38 heavy (non-hydrogen) atoms. The Hall–Kier alpha value is -4.20. The summed E-state index contributed by atoms with van der Waals surface area (Å²) in [5.74, 6) is 0.937. The van der Waals surface area contributed by atoms with Gasteiger partial charge in [0.25, 0.3) is 0 Å². The number of allylic oxidation sites excluding steroid dienone is 1. The van der Waals surface area contributed by atoms with E-state index in [1.54, 1.807) is 35.7 Å². The van der Waals surface area contributed by atoms with Gasteiger partial charge in [-0.25, -0.2) is 14.5 Å². The molecule has 0 radical (unpaired) electrons. The molecule has 5 heterocycles. The number of aromatic nitrogens is 4.